The second-order valence-corrected chi connectivity index (χ2v) is 8.36. The lowest BCUT2D eigenvalue weighted by molar-refractivity contribution is 0.636. The Labute approximate surface area is 193 Å². The molecule has 5 aromatic rings. The van der Waals surface area contributed by atoms with Crippen LogP contribution in [-0.4, -0.2) is 29.5 Å². The number of fused-ring (bicyclic) bond motifs is 2. The highest BCUT2D eigenvalue weighted by atomic mass is 127. The number of nitrogens with zero attached hydrogens (tertiary/aromatic N) is 5. The van der Waals surface area contributed by atoms with Gasteiger partial charge in [0.15, 0.2) is 5.65 Å². The van der Waals surface area contributed by atoms with E-state index in [1.54, 1.807) is 18.5 Å². The smallest absolute Gasteiger partial charge is 0.268 e. The molecular formula is C21H14FIN6OS. The largest absolute Gasteiger partial charge is 0.341 e. The molecule has 0 aliphatic carbocycles. The molecule has 3 aromatic heterocycles. The van der Waals surface area contributed by atoms with E-state index < -0.39 is 11.4 Å². The van der Waals surface area contributed by atoms with Crippen molar-refractivity contribution in [2.75, 3.05) is 0 Å². The number of aromatic amines is 1. The van der Waals surface area contributed by atoms with Crippen molar-refractivity contribution < 1.29 is 4.39 Å². The summed E-state index contributed by atoms with van der Waals surface area (Å²) in [7, 11) is 0. The number of alkyl halides is 1. The summed E-state index contributed by atoms with van der Waals surface area (Å²) in [6.07, 6.45) is 3.01. The fourth-order valence-corrected chi connectivity index (χ4v) is 4.93. The number of hydrogen-bond acceptors (Lipinski definition) is 6. The molecule has 0 radical (unpaired) electrons. The van der Waals surface area contributed by atoms with Gasteiger partial charge in [0.25, 0.3) is 5.56 Å². The Morgan fingerprint density at radius 1 is 1.10 bits per heavy atom. The van der Waals surface area contributed by atoms with Crippen LogP contribution in [0, 0.1) is 5.82 Å². The van der Waals surface area contributed by atoms with E-state index in [1.165, 1.54) is 28.7 Å². The lowest BCUT2D eigenvalue weighted by atomic mass is 10.1. The summed E-state index contributed by atoms with van der Waals surface area (Å²) >= 11 is 3.66. The summed E-state index contributed by atoms with van der Waals surface area (Å²) in [4.78, 5) is 33.8. The van der Waals surface area contributed by atoms with E-state index in [9.17, 15) is 9.18 Å². The molecule has 31 heavy (non-hydrogen) atoms. The van der Waals surface area contributed by atoms with Gasteiger partial charge in [0.2, 0.25) is 0 Å². The predicted molar refractivity (Wildman–Crippen MR) is 126 cm³/mol. The first-order chi connectivity index (χ1) is 15.2. The molecule has 1 N–H and O–H groups in total. The minimum Gasteiger partial charge on any atom is -0.341 e. The Bertz CT molecular complexity index is 1480. The van der Waals surface area contributed by atoms with Crippen LogP contribution in [0.3, 0.4) is 0 Å². The maximum absolute atomic E-state index is 14.6. The average molecular weight is 544 g/mol. The number of benzene rings is 2. The number of thioether (sulfide) groups is 1. The van der Waals surface area contributed by atoms with Crippen molar-refractivity contribution in [2.45, 2.75) is 15.2 Å². The molecule has 10 heteroatoms. The number of hydrogen-bond donors (Lipinski definition) is 1. The first-order valence-corrected chi connectivity index (χ1v) is 11.8. The molecule has 0 aliphatic rings. The topological polar surface area (TPSA) is 89.3 Å². The molecule has 5 rings (SSSR count). The highest BCUT2D eigenvalue weighted by Gasteiger charge is 2.18. The second-order valence-electron chi connectivity index (χ2n) is 6.63. The van der Waals surface area contributed by atoms with Crippen LogP contribution in [0.25, 0.3) is 27.8 Å². The van der Waals surface area contributed by atoms with Gasteiger partial charge in [0, 0.05) is 4.43 Å². The van der Waals surface area contributed by atoms with E-state index in [1.807, 2.05) is 24.3 Å². The van der Waals surface area contributed by atoms with Gasteiger partial charge in [-0.15, -0.1) is 0 Å². The quantitative estimate of drug-likeness (QED) is 0.153. The van der Waals surface area contributed by atoms with Gasteiger partial charge in [-0.05, 0) is 23.8 Å². The molecule has 0 unspecified atom stereocenters. The lowest BCUT2D eigenvalue weighted by Gasteiger charge is -2.16. The summed E-state index contributed by atoms with van der Waals surface area (Å²) in [5, 5.41) is 0.683. The van der Waals surface area contributed by atoms with Gasteiger partial charge in [-0.3, -0.25) is 9.36 Å². The average Bonchev–Trinajstić information content (AvgIpc) is 3.27. The molecule has 0 spiro atoms. The monoisotopic (exact) mass is 544 g/mol. The van der Waals surface area contributed by atoms with Gasteiger partial charge in [-0.2, -0.15) is 0 Å². The number of imidazole rings is 1. The summed E-state index contributed by atoms with van der Waals surface area (Å²) in [5.41, 5.74) is 2.86. The molecule has 0 bridgehead atoms. The fraction of sp³-hybridized carbons (Fsp3) is 0.0952. The summed E-state index contributed by atoms with van der Waals surface area (Å²) in [5.74, 6) is 0.282. The van der Waals surface area contributed by atoms with E-state index in [2.05, 4.69) is 47.5 Å². The Balaban J connectivity index is 1.69. The normalized spacial score (nSPS) is 11.4. The summed E-state index contributed by atoms with van der Waals surface area (Å²) in [6.45, 7) is 0. The lowest BCUT2D eigenvalue weighted by Crippen LogP contribution is -2.25. The van der Waals surface area contributed by atoms with Crippen LogP contribution in [0.5, 0.6) is 0 Å². The molecule has 0 amide bonds. The standard InChI is InChI=1S/C21H14FIN6OS/c22-13-5-3-6-14-17(13)21(30)29(15-7-2-1-4-12(15)8-23)16(28-14)9-31-20-18-19(25-10-24-18)26-11-27-20/h1-7,10-11H,8-9H2,(H,24,25,26,27). The van der Waals surface area contributed by atoms with Crippen LogP contribution in [-0.2, 0) is 10.2 Å². The van der Waals surface area contributed by atoms with Gasteiger partial charge < -0.3 is 4.98 Å². The molecule has 0 saturated heterocycles. The molecule has 154 valence electrons. The minimum atomic E-state index is -0.579. The van der Waals surface area contributed by atoms with Crippen molar-refractivity contribution in [2.24, 2.45) is 0 Å². The van der Waals surface area contributed by atoms with Gasteiger partial charge in [0.05, 0.1) is 23.3 Å². The van der Waals surface area contributed by atoms with Crippen LogP contribution in [0.1, 0.15) is 11.4 Å². The maximum Gasteiger partial charge on any atom is 0.268 e. The number of H-pyrrole nitrogens is 1. The number of para-hydroxylation sites is 1. The zero-order chi connectivity index (χ0) is 21.4. The zero-order valence-corrected chi connectivity index (χ0v) is 18.9. The van der Waals surface area contributed by atoms with Crippen LogP contribution < -0.4 is 5.56 Å². The van der Waals surface area contributed by atoms with E-state index in [4.69, 9.17) is 0 Å². The SMILES string of the molecule is O=c1c2c(F)cccc2nc(CSc2ncnc3nc[nH]c23)n1-c1ccccc1CI. The first kappa shape index (κ1) is 20.1. The summed E-state index contributed by atoms with van der Waals surface area (Å²) in [6, 6.07) is 12.1. The first-order valence-electron chi connectivity index (χ1n) is 9.28. The number of nitrogens with one attached hydrogen (secondary N) is 1. The molecule has 7 nitrogen and oxygen atoms in total. The Hall–Kier alpha value is -2.86. The van der Waals surface area contributed by atoms with Gasteiger partial charge in [-0.1, -0.05) is 58.6 Å². The number of rotatable bonds is 5. The molecule has 0 atom stereocenters. The molecular weight excluding hydrogens is 530 g/mol. The maximum atomic E-state index is 14.6. The molecule has 0 saturated carbocycles. The Morgan fingerprint density at radius 2 is 1.97 bits per heavy atom. The minimum absolute atomic E-state index is 0.0162. The molecule has 3 heterocycles. The van der Waals surface area contributed by atoms with Crippen LogP contribution in [0.15, 0.2) is 64.9 Å². The van der Waals surface area contributed by atoms with Crippen LogP contribution in [0.2, 0.25) is 0 Å². The van der Waals surface area contributed by atoms with Gasteiger partial charge >= 0.3 is 0 Å². The third-order valence-corrected chi connectivity index (χ3v) is 6.63. The van der Waals surface area contributed by atoms with E-state index in [0.717, 1.165) is 11.1 Å². The summed E-state index contributed by atoms with van der Waals surface area (Å²) < 4.78 is 16.8. The fourth-order valence-electron chi connectivity index (χ4n) is 3.41. The van der Waals surface area contributed by atoms with E-state index >= 15 is 0 Å². The third kappa shape index (κ3) is 3.59. The van der Waals surface area contributed by atoms with Crippen molar-refractivity contribution in [3.8, 4) is 5.69 Å². The molecule has 2 aromatic carbocycles. The van der Waals surface area contributed by atoms with E-state index in [-0.39, 0.29) is 5.39 Å². The predicted octanol–water partition coefficient (Wildman–Crippen LogP) is 4.42. The van der Waals surface area contributed by atoms with Gasteiger partial charge in [-0.25, -0.2) is 24.3 Å². The molecule has 0 aliphatic heterocycles. The van der Waals surface area contributed by atoms with E-state index in [0.29, 0.717) is 37.9 Å². The van der Waals surface area contributed by atoms with Crippen molar-refractivity contribution in [1.29, 1.82) is 0 Å². The van der Waals surface area contributed by atoms with Crippen molar-refractivity contribution in [3.63, 3.8) is 0 Å². The Morgan fingerprint density at radius 3 is 2.84 bits per heavy atom. The third-order valence-electron chi connectivity index (χ3n) is 4.82. The van der Waals surface area contributed by atoms with Gasteiger partial charge in [0.1, 0.15) is 33.9 Å². The van der Waals surface area contributed by atoms with Crippen molar-refractivity contribution in [1.82, 2.24) is 29.5 Å². The highest BCUT2D eigenvalue weighted by Crippen LogP contribution is 2.27. The second kappa shape index (κ2) is 8.35. The van der Waals surface area contributed by atoms with Crippen LogP contribution >= 0.6 is 34.4 Å². The Kier molecular flexibility index (Phi) is 5.40. The number of halogens is 2. The van der Waals surface area contributed by atoms with Crippen molar-refractivity contribution in [3.05, 3.63) is 82.7 Å². The molecule has 0 fully saturated rings. The van der Waals surface area contributed by atoms with Crippen LogP contribution in [0.4, 0.5) is 4.39 Å². The van der Waals surface area contributed by atoms with Crippen molar-refractivity contribution >= 4 is 56.4 Å². The number of aromatic nitrogens is 6. The zero-order valence-electron chi connectivity index (χ0n) is 15.9. The highest BCUT2D eigenvalue weighted by molar-refractivity contribution is 14.1.